The van der Waals surface area contributed by atoms with Crippen molar-refractivity contribution in [2.45, 2.75) is 23.8 Å². The van der Waals surface area contributed by atoms with Gasteiger partial charge < -0.3 is 10.6 Å². The highest BCUT2D eigenvalue weighted by atomic mass is 32.2. The molecule has 1 aliphatic heterocycles. The first-order valence-corrected chi connectivity index (χ1v) is 9.77. The topological polar surface area (TPSA) is 92.5 Å². The summed E-state index contributed by atoms with van der Waals surface area (Å²) in [6.07, 6.45) is 1.71. The van der Waals surface area contributed by atoms with Crippen LogP contribution < -0.4 is 10.5 Å². The molecule has 6 nitrogen and oxygen atoms in total. The lowest BCUT2D eigenvalue weighted by Crippen LogP contribution is -2.45. The first kappa shape index (κ1) is 18.3. The summed E-state index contributed by atoms with van der Waals surface area (Å²) in [7, 11) is -3.89. The van der Waals surface area contributed by atoms with Crippen LogP contribution in [0.25, 0.3) is 0 Å². The number of nitrogens with one attached hydrogen (secondary N) is 1. The van der Waals surface area contributed by atoms with E-state index >= 15 is 0 Å². The van der Waals surface area contributed by atoms with Crippen LogP contribution in [0.3, 0.4) is 0 Å². The minimum atomic E-state index is -3.89. The smallest absolute Gasteiger partial charge is 0.261 e. The molecule has 3 N–H and O–H groups in total. The highest BCUT2D eigenvalue weighted by Crippen LogP contribution is 2.19. The molecule has 8 heteroatoms. The molecule has 0 aromatic heterocycles. The van der Waals surface area contributed by atoms with Gasteiger partial charge in [0.15, 0.2) is 0 Å². The first-order valence-electron chi connectivity index (χ1n) is 8.28. The molecule has 3 rings (SSSR count). The molecule has 1 aliphatic rings. The van der Waals surface area contributed by atoms with Crippen molar-refractivity contribution in [1.82, 2.24) is 4.90 Å². The number of hydrogen-bond acceptors (Lipinski definition) is 4. The first-order chi connectivity index (χ1) is 12.3. The predicted molar refractivity (Wildman–Crippen MR) is 96.8 cm³/mol. The van der Waals surface area contributed by atoms with Gasteiger partial charge in [0.2, 0.25) is 0 Å². The number of halogens is 1. The van der Waals surface area contributed by atoms with Crippen LogP contribution in [-0.4, -0.2) is 38.4 Å². The molecular weight excluding hydrogens is 357 g/mol. The standard InChI is InChI=1S/C18H20FN3O3S/c19-14-6-8-16(9-7-14)21-26(24,25)17-5-1-3-13(11-17)18(23)22-10-2-4-15(20)12-22/h1,3,5-9,11,15,21H,2,4,10,12,20H2. The Hall–Kier alpha value is -2.45. The number of piperidine rings is 1. The average Bonchev–Trinajstić information content (AvgIpc) is 2.63. The lowest BCUT2D eigenvalue weighted by molar-refractivity contribution is 0.0708. The fraction of sp³-hybridized carbons (Fsp3) is 0.278. The molecule has 1 amide bonds. The van der Waals surface area contributed by atoms with Gasteiger partial charge in [-0.15, -0.1) is 0 Å². The van der Waals surface area contributed by atoms with Crippen LogP contribution in [-0.2, 0) is 10.0 Å². The molecular formula is C18H20FN3O3S. The Balaban J connectivity index is 1.81. The third kappa shape index (κ3) is 4.20. The number of carbonyl (C=O) groups is 1. The second-order valence-electron chi connectivity index (χ2n) is 6.29. The van der Waals surface area contributed by atoms with Crippen molar-refractivity contribution >= 4 is 21.6 Å². The maximum atomic E-state index is 13.0. The highest BCUT2D eigenvalue weighted by Gasteiger charge is 2.23. The van der Waals surface area contributed by atoms with Crippen LogP contribution in [0.1, 0.15) is 23.2 Å². The number of nitrogens with two attached hydrogens (primary N) is 1. The average molecular weight is 377 g/mol. The Morgan fingerprint density at radius 1 is 1.19 bits per heavy atom. The molecule has 0 radical (unpaired) electrons. The number of rotatable bonds is 4. The minimum Gasteiger partial charge on any atom is -0.337 e. The number of nitrogens with zero attached hydrogens (tertiary/aromatic N) is 1. The van der Waals surface area contributed by atoms with Crippen LogP contribution in [0.2, 0.25) is 0 Å². The van der Waals surface area contributed by atoms with Crippen molar-refractivity contribution in [2.24, 2.45) is 5.73 Å². The summed E-state index contributed by atoms with van der Waals surface area (Å²) in [5, 5.41) is 0. The summed E-state index contributed by atoms with van der Waals surface area (Å²) in [6.45, 7) is 1.07. The van der Waals surface area contributed by atoms with Gasteiger partial charge in [0.25, 0.3) is 15.9 Å². The number of anilines is 1. The van der Waals surface area contributed by atoms with Crippen molar-refractivity contribution in [2.75, 3.05) is 17.8 Å². The van der Waals surface area contributed by atoms with Crippen LogP contribution in [0.15, 0.2) is 53.4 Å². The van der Waals surface area contributed by atoms with Crippen LogP contribution in [0, 0.1) is 5.82 Å². The second-order valence-corrected chi connectivity index (χ2v) is 7.98. The van der Waals surface area contributed by atoms with E-state index in [2.05, 4.69) is 4.72 Å². The van der Waals surface area contributed by atoms with Crippen LogP contribution >= 0.6 is 0 Å². The zero-order valence-corrected chi connectivity index (χ0v) is 14.9. The fourth-order valence-corrected chi connectivity index (χ4v) is 4.01. The van der Waals surface area contributed by atoms with E-state index in [1.807, 2.05) is 0 Å². The van der Waals surface area contributed by atoms with Crippen LogP contribution in [0.5, 0.6) is 0 Å². The zero-order valence-electron chi connectivity index (χ0n) is 14.1. The molecule has 2 aromatic rings. The van der Waals surface area contributed by atoms with Crippen LogP contribution in [0.4, 0.5) is 10.1 Å². The number of sulfonamides is 1. The molecule has 0 spiro atoms. The van der Waals surface area contributed by atoms with E-state index in [9.17, 15) is 17.6 Å². The summed E-state index contributed by atoms with van der Waals surface area (Å²) in [5.74, 6) is -0.695. The number of hydrogen-bond donors (Lipinski definition) is 2. The van der Waals surface area contributed by atoms with Gasteiger partial charge in [-0.05, 0) is 55.3 Å². The quantitative estimate of drug-likeness (QED) is 0.854. The molecule has 0 saturated carbocycles. The highest BCUT2D eigenvalue weighted by molar-refractivity contribution is 7.92. The number of benzene rings is 2. The van der Waals surface area contributed by atoms with E-state index in [1.165, 1.54) is 30.3 Å². The normalized spacial score (nSPS) is 17.8. The van der Waals surface area contributed by atoms with Gasteiger partial charge in [-0.1, -0.05) is 6.07 Å². The zero-order chi connectivity index (χ0) is 18.7. The lowest BCUT2D eigenvalue weighted by Gasteiger charge is -2.30. The van der Waals surface area contributed by atoms with Gasteiger partial charge in [-0.2, -0.15) is 0 Å². The maximum Gasteiger partial charge on any atom is 0.261 e. The molecule has 1 saturated heterocycles. The van der Waals surface area contributed by atoms with E-state index in [1.54, 1.807) is 11.0 Å². The summed E-state index contributed by atoms with van der Waals surface area (Å²) in [4.78, 5) is 14.2. The molecule has 0 bridgehead atoms. The lowest BCUT2D eigenvalue weighted by atomic mass is 10.1. The Labute approximate surface area is 151 Å². The third-order valence-corrected chi connectivity index (χ3v) is 5.61. The molecule has 0 aliphatic carbocycles. The second kappa shape index (κ2) is 7.43. The Bertz CT molecular complexity index is 900. The van der Waals surface area contributed by atoms with Crippen molar-refractivity contribution in [3.8, 4) is 0 Å². The van der Waals surface area contributed by atoms with Crippen molar-refractivity contribution in [1.29, 1.82) is 0 Å². The molecule has 1 heterocycles. The number of carbonyl (C=O) groups excluding carboxylic acids is 1. The fourth-order valence-electron chi connectivity index (χ4n) is 2.91. The molecule has 1 atom stereocenters. The number of likely N-dealkylation sites (tertiary alicyclic amines) is 1. The van der Waals surface area contributed by atoms with E-state index in [-0.39, 0.29) is 22.5 Å². The van der Waals surface area contributed by atoms with Gasteiger partial charge in [-0.25, -0.2) is 12.8 Å². The van der Waals surface area contributed by atoms with E-state index in [0.29, 0.717) is 18.7 Å². The minimum absolute atomic E-state index is 0.0333. The SMILES string of the molecule is NC1CCCN(C(=O)c2cccc(S(=O)(=O)Nc3ccc(F)cc3)c2)C1. The van der Waals surface area contributed by atoms with Gasteiger partial charge in [0.05, 0.1) is 4.90 Å². The van der Waals surface area contributed by atoms with Gasteiger partial charge in [0, 0.05) is 30.4 Å². The Morgan fingerprint density at radius 2 is 1.92 bits per heavy atom. The molecule has 2 aromatic carbocycles. The van der Waals surface area contributed by atoms with E-state index < -0.39 is 15.8 Å². The van der Waals surface area contributed by atoms with Crippen molar-refractivity contribution in [3.05, 3.63) is 59.9 Å². The predicted octanol–water partition coefficient (Wildman–Crippen LogP) is 2.19. The molecule has 26 heavy (non-hydrogen) atoms. The summed E-state index contributed by atoms with van der Waals surface area (Å²) in [5.41, 5.74) is 6.44. The van der Waals surface area contributed by atoms with E-state index in [4.69, 9.17) is 5.73 Å². The van der Waals surface area contributed by atoms with Gasteiger partial charge >= 0.3 is 0 Å². The largest absolute Gasteiger partial charge is 0.337 e. The summed E-state index contributed by atoms with van der Waals surface area (Å²) in [6, 6.07) is 10.8. The summed E-state index contributed by atoms with van der Waals surface area (Å²) >= 11 is 0. The monoisotopic (exact) mass is 377 g/mol. The molecule has 138 valence electrons. The maximum absolute atomic E-state index is 13.0. The van der Waals surface area contributed by atoms with E-state index in [0.717, 1.165) is 25.0 Å². The third-order valence-electron chi connectivity index (χ3n) is 4.23. The molecule has 1 unspecified atom stereocenters. The van der Waals surface area contributed by atoms with Gasteiger partial charge in [-0.3, -0.25) is 9.52 Å². The molecule has 1 fully saturated rings. The van der Waals surface area contributed by atoms with Crippen molar-refractivity contribution in [3.63, 3.8) is 0 Å². The Morgan fingerprint density at radius 3 is 2.62 bits per heavy atom. The number of amides is 1. The summed E-state index contributed by atoms with van der Waals surface area (Å²) < 4.78 is 40.4. The van der Waals surface area contributed by atoms with Gasteiger partial charge in [0.1, 0.15) is 5.82 Å². The Kier molecular flexibility index (Phi) is 5.24. The van der Waals surface area contributed by atoms with Crippen molar-refractivity contribution < 1.29 is 17.6 Å².